The van der Waals surface area contributed by atoms with E-state index < -0.39 is 0 Å². The first-order valence-electron chi connectivity index (χ1n) is 27.0. The van der Waals surface area contributed by atoms with Gasteiger partial charge in [0.1, 0.15) is 24.0 Å². The molecule has 0 saturated carbocycles. The van der Waals surface area contributed by atoms with Crippen LogP contribution < -0.4 is 14.5 Å². The number of hydrogen-bond acceptors (Lipinski definition) is 4. The van der Waals surface area contributed by atoms with Crippen molar-refractivity contribution in [2.24, 2.45) is 0 Å². The van der Waals surface area contributed by atoms with Gasteiger partial charge < -0.3 is 14.5 Å². The van der Waals surface area contributed by atoms with Crippen LogP contribution in [0.2, 0.25) is 0 Å². The molecule has 1 aliphatic heterocycles. The highest BCUT2D eigenvalue weighted by Crippen LogP contribution is 2.50. The fraction of sp³-hybridized carbons (Fsp3) is 0.254. The number of fused-ring (bicyclic) bond motifs is 4. The molecule has 5 heteroatoms. The van der Waals surface area contributed by atoms with Gasteiger partial charge in [-0.1, -0.05) is 198 Å². The Labute approximate surface area is 451 Å². The van der Waals surface area contributed by atoms with Gasteiger partial charge in [0.2, 0.25) is 0 Å². The zero-order valence-electron chi connectivity index (χ0n) is 46.5. The average molecular weight is 997 g/mol. The number of aromatic nitrogens is 2. The molecule has 0 amide bonds. The molecule has 1 aliphatic rings. The molecule has 0 unspecified atom stereocenters. The predicted octanol–water partition coefficient (Wildman–Crippen LogP) is 18.8. The molecule has 2 aromatic heterocycles. The number of hydrogen-bond donors (Lipinski definition) is 0. The Morgan fingerprint density at radius 3 is 1.49 bits per heavy atom. The number of anilines is 4. The van der Waals surface area contributed by atoms with Crippen molar-refractivity contribution in [3.05, 3.63) is 251 Å². The molecule has 0 bridgehead atoms. The van der Waals surface area contributed by atoms with Crippen LogP contribution in [-0.2, 0) is 27.1 Å². The molecule has 0 aliphatic carbocycles. The number of ether oxygens (including phenoxy) is 1. The van der Waals surface area contributed by atoms with E-state index in [0.29, 0.717) is 6.67 Å². The van der Waals surface area contributed by atoms with E-state index in [2.05, 4.69) is 298 Å². The Morgan fingerprint density at radius 1 is 0.355 bits per heavy atom. The van der Waals surface area contributed by atoms with Gasteiger partial charge in [-0.15, -0.1) is 0 Å². The molecule has 10 aromatic rings. The summed E-state index contributed by atoms with van der Waals surface area (Å²) < 4.78 is 9.29. The molecule has 0 spiro atoms. The van der Waals surface area contributed by atoms with Crippen molar-refractivity contribution in [3.8, 4) is 17.3 Å². The van der Waals surface area contributed by atoms with Crippen molar-refractivity contribution >= 4 is 44.6 Å². The maximum absolute atomic E-state index is 6.98. The molecule has 76 heavy (non-hydrogen) atoms. The van der Waals surface area contributed by atoms with Gasteiger partial charge in [0.15, 0.2) is 0 Å². The molecule has 0 N–H and O–H groups in total. The van der Waals surface area contributed by atoms with Crippen LogP contribution in [-0.4, -0.2) is 16.2 Å². The molecule has 3 heterocycles. The molecule has 0 atom stereocenters. The Bertz CT molecular complexity index is 3690. The summed E-state index contributed by atoms with van der Waals surface area (Å²) in [5, 5.41) is 2.37. The third-order valence-corrected chi connectivity index (χ3v) is 16.5. The van der Waals surface area contributed by atoms with E-state index in [1.54, 1.807) is 0 Å². The summed E-state index contributed by atoms with van der Waals surface area (Å²) in [5.41, 5.74) is 16.1. The Kier molecular flexibility index (Phi) is 12.4. The zero-order chi connectivity index (χ0) is 53.4. The zero-order valence-corrected chi connectivity index (χ0v) is 46.5. The van der Waals surface area contributed by atoms with E-state index in [1.807, 2.05) is 6.20 Å². The minimum atomic E-state index is -0.268. The summed E-state index contributed by atoms with van der Waals surface area (Å²) in [6.07, 6.45) is 1.94. The third-order valence-electron chi connectivity index (χ3n) is 16.5. The predicted molar refractivity (Wildman–Crippen MR) is 320 cm³/mol. The molecule has 0 saturated heterocycles. The van der Waals surface area contributed by atoms with E-state index in [4.69, 9.17) is 9.72 Å². The van der Waals surface area contributed by atoms with Crippen LogP contribution >= 0.6 is 0 Å². The Morgan fingerprint density at radius 2 is 0.895 bits per heavy atom. The van der Waals surface area contributed by atoms with Crippen LogP contribution in [0, 0.1) is 0 Å². The second kappa shape index (κ2) is 18.7. The van der Waals surface area contributed by atoms with Crippen molar-refractivity contribution < 1.29 is 4.74 Å². The highest BCUT2D eigenvalue weighted by Gasteiger charge is 2.35. The summed E-state index contributed by atoms with van der Waals surface area (Å²) in [4.78, 5) is 9.97. The summed E-state index contributed by atoms with van der Waals surface area (Å²) in [6.45, 7) is 28.3. The van der Waals surface area contributed by atoms with Crippen LogP contribution in [0.4, 0.5) is 22.7 Å². The van der Waals surface area contributed by atoms with Crippen molar-refractivity contribution in [1.29, 1.82) is 0 Å². The van der Waals surface area contributed by atoms with E-state index in [-0.39, 0.29) is 27.1 Å². The molecule has 11 rings (SSSR count). The maximum Gasteiger partial charge on any atom is 0.137 e. The van der Waals surface area contributed by atoms with Gasteiger partial charge in [-0.25, -0.2) is 4.98 Å². The standard InChI is InChI=1S/C71H72N4O/c1-67(2,3)51-31-35-62-61(42-51)60-34-33-59(46-64(60)75(62)66-44-52(37-38-72-66)68(4,5)6)76-58-30-22-29-56(45-58)73-47-74(63-36-32-53(43-65(63)73)69(7,8)48-23-16-13-17-24-48)57-40-54(70(9,10)49-25-18-14-19-26-49)39-55(41-57)71(11,12)50-27-20-15-21-28-50/h13-46H,47H2,1-12H3. The monoisotopic (exact) mass is 997 g/mol. The Balaban J connectivity index is 1.03. The lowest BCUT2D eigenvalue weighted by Crippen LogP contribution is -2.27. The first-order valence-corrected chi connectivity index (χ1v) is 27.0. The molecule has 0 fully saturated rings. The van der Waals surface area contributed by atoms with Crippen LogP contribution in [0.1, 0.15) is 128 Å². The molecule has 0 radical (unpaired) electrons. The van der Waals surface area contributed by atoms with Gasteiger partial charge >= 0.3 is 0 Å². The molecule has 382 valence electrons. The summed E-state index contributed by atoms with van der Waals surface area (Å²) >= 11 is 0. The molecular formula is C71H72N4O. The number of pyridine rings is 1. The highest BCUT2D eigenvalue weighted by molar-refractivity contribution is 6.10. The van der Waals surface area contributed by atoms with E-state index in [1.165, 1.54) is 55.3 Å². The van der Waals surface area contributed by atoms with Gasteiger partial charge in [-0.05, 0) is 128 Å². The van der Waals surface area contributed by atoms with Crippen LogP contribution in [0.15, 0.2) is 206 Å². The largest absolute Gasteiger partial charge is 0.457 e. The fourth-order valence-corrected chi connectivity index (χ4v) is 11.3. The summed E-state index contributed by atoms with van der Waals surface area (Å²) in [5.74, 6) is 2.42. The van der Waals surface area contributed by atoms with Gasteiger partial charge in [-0.3, -0.25) is 4.57 Å². The van der Waals surface area contributed by atoms with Gasteiger partial charge in [0, 0.05) is 56.7 Å². The first-order chi connectivity index (χ1) is 36.2. The van der Waals surface area contributed by atoms with Crippen LogP contribution in [0.3, 0.4) is 0 Å². The van der Waals surface area contributed by atoms with Crippen molar-refractivity contribution in [3.63, 3.8) is 0 Å². The van der Waals surface area contributed by atoms with Gasteiger partial charge in [0.25, 0.3) is 0 Å². The lowest BCUT2D eigenvalue weighted by atomic mass is 9.73. The minimum absolute atomic E-state index is 0.000811. The number of nitrogens with zero attached hydrogens (tertiary/aromatic N) is 4. The second-order valence-electron chi connectivity index (χ2n) is 24.7. The quantitative estimate of drug-likeness (QED) is 0.129. The summed E-state index contributed by atoms with van der Waals surface area (Å²) in [6, 6.07) is 73.6. The highest BCUT2D eigenvalue weighted by atomic mass is 16.5. The van der Waals surface area contributed by atoms with E-state index in [0.717, 1.165) is 51.1 Å². The average Bonchev–Trinajstić information content (AvgIpc) is 4.00. The lowest BCUT2D eigenvalue weighted by Gasteiger charge is -2.33. The van der Waals surface area contributed by atoms with E-state index >= 15 is 0 Å². The van der Waals surface area contributed by atoms with Gasteiger partial charge in [-0.2, -0.15) is 0 Å². The van der Waals surface area contributed by atoms with Crippen molar-refractivity contribution in [2.45, 2.75) is 110 Å². The van der Waals surface area contributed by atoms with Crippen LogP contribution in [0.5, 0.6) is 11.5 Å². The van der Waals surface area contributed by atoms with Crippen LogP contribution in [0.25, 0.3) is 27.6 Å². The minimum Gasteiger partial charge on any atom is -0.457 e. The maximum atomic E-state index is 6.98. The fourth-order valence-electron chi connectivity index (χ4n) is 11.3. The number of benzene rings is 8. The topological polar surface area (TPSA) is 33.5 Å². The summed E-state index contributed by atoms with van der Waals surface area (Å²) in [7, 11) is 0. The van der Waals surface area contributed by atoms with E-state index in [9.17, 15) is 0 Å². The lowest BCUT2D eigenvalue weighted by molar-refractivity contribution is 0.483. The second-order valence-corrected chi connectivity index (χ2v) is 24.7. The normalized spacial score (nSPS) is 13.4. The van der Waals surface area contributed by atoms with Crippen molar-refractivity contribution in [1.82, 2.24) is 9.55 Å². The van der Waals surface area contributed by atoms with Gasteiger partial charge in [0.05, 0.1) is 22.4 Å². The first kappa shape index (κ1) is 50.3. The molecule has 5 nitrogen and oxygen atoms in total. The molecular weight excluding hydrogens is 925 g/mol. The number of rotatable bonds is 11. The SMILES string of the molecule is CC(C)(C)c1ccnc(-n2c3ccc(C(C)(C)C)cc3c3ccc(Oc4cccc(N5CN(c6cc(C(C)(C)c7ccccc7)cc(C(C)(C)c7ccccc7)c6)c6ccc(C(C)(C)c7ccccc7)cc65)c4)cc32)c1. The van der Waals surface area contributed by atoms with Crippen molar-refractivity contribution in [2.75, 3.05) is 16.5 Å². The molecule has 8 aromatic carbocycles. The third kappa shape index (κ3) is 9.14. The Hall–Kier alpha value is -7.89. The smallest absolute Gasteiger partial charge is 0.137 e.